The van der Waals surface area contributed by atoms with Crippen LogP contribution in [0.3, 0.4) is 0 Å². The number of anilines is 2. The molecular formula is C24H28N6O2. The van der Waals surface area contributed by atoms with Gasteiger partial charge in [0.05, 0.1) is 19.8 Å². The lowest BCUT2D eigenvalue weighted by Gasteiger charge is -2.28. The smallest absolute Gasteiger partial charge is 0.320 e. The third-order valence-corrected chi connectivity index (χ3v) is 5.06. The van der Waals surface area contributed by atoms with Crippen LogP contribution < -0.4 is 15.1 Å². The molecule has 1 N–H and O–H groups in total. The topological polar surface area (TPSA) is 84.8 Å². The van der Waals surface area contributed by atoms with Gasteiger partial charge in [0, 0.05) is 50.1 Å². The van der Waals surface area contributed by atoms with Gasteiger partial charge in [-0.25, -0.2) is 0 Å². The average Bonchev–Trinajstić information content (AvgIpc) is 2.84. The van der Waals surface area contributed by atoms with Gasteiger partial charge in [0.25, 0.3) is 0 Å². The Bertz CT molecular complexity index is 1000. The van der Waals surface area contributed by atoms with Crippen molar-refractivity contribution in [2.75, 3.05) is 43.2 Å². The molecule has 1 aliphatic rings. The molecule has 0 atom stereocenters. The summed E-state index contributed by atoms with van der Waals surface area (Å²) in [7, 11) is 0. The highest BCUT2D eigenvalue weighted by atomic mass is 16.5. The molecule has 166 valence electrons. The van der Waals surface area contributed by atoms with Crippen molar-refractivity contribution in [3.8, 4) is 6.01 Å². The lowest BCUT2D eigenvalue weighted by molar-refractivity contribution is 0.122. The number of nitrogens with one attached hydrogen (secondary N) is 1. The lowest BCUT2D eigenvalue weighted by Crippen LogP contribution is -2.36. The minimum Gasteiger partial charge on any atom is -0.463 e. The second kappa shape index (κ2) is 11.2. The molecule has 0 saturated carbocycles. The largest absolute Gasteiger partial charge is 0.463 e. The van der Waals surface area contributed by atoms with Crippen molar-refractivity contribution in [3.05, 3.63) is 71.5 Å². The van der Waals surface area contributed by atoms with Gasteiger partial charge < -0.3 is 14.4 Å². The summed E-state index contributed by atoms with van der Waals surface area (Å²) in [5, 5.41) is 4.34. The molecule has 3 heterocycles. The van der Waals surface area contributed by atoms with Gasteiger partial charge in [-0.2, -0.15) is 15.1 Å². The van der Waals surface area contributed by atoms with Gasteiger partial charge in [-0.3, -0.25) is 10.4 Å². The summed E-state index contributed by atoms with van der Waals surface area (Å²) in [6.07, 6.45) is 5.04. The molecule has 2 aromatic heterocycles. The molecule has 3 aromatic rings. The summed E-state index contributed by atoms with van der Waals surface area (Å²) >= 11 is 0. The number of benzene rings is 1. The number of aryl methyl sites for hydroxylation is 1. The summed E-state index contributed by atoms with van der Waals surface area (Å²) in [5.41, 5.74) is 6.44. The molecule has 1 saturated heterocycles. The van der Waals surface area contributed by atoms with Gasteiger partial charge in [-0.05, 0) is 24.6 Å². The van der Waals surface area contributed by atoms with E-state index in [4.69, 9.17) is 9.47 Å². The van der Waals surface area contributed by atoms with Gasteiger partial charge in [0.2, 0.25) is 0 Å². The van der Waals surface area contributed by atoms with Gasteiger partial charge in [0.15, 0.2) is 5.82 Å². The van der Waals surface area contributed by atoms with Crippen LogP contribution in [0, 0.1) is 6.92 Å². The zero-order chi connectivity index (χ0) is 22.0. The Morgan fingerprint density at radius 2 is 1.97 bits per heavy atom. The maximum absolute atomic E-state index is 5.86. The quantitative estimate of drug-likeness (QED) is 0.410. The summed E-state index contributed by atoms with van der Waals surface area (Å²) in [4.78, 5) is 15.6. The van der Waals surface area contributed by atoms with E-state index in [0.29, 0.717) is 38.1 Å². The molecule has 0 aliphatic carbocycles. The highest BCUT2D eigenvalue weighted by Crippen LogP contribution is 2.20. The van der Waals surface area contributed by atoms with Gasteiger partial charge in [0.1, 0.15) is 5.82 Å². The van der Waals surface area contributed by atoms with Crippen LogP contribution in [0.4, 0.5) is 11.6 Å². The minimum atomic E-state index is 0.321. The molecule has 0 radical (unpaired) electrons. The number of rotatable bonds is 9. The van der Waals surface area contributed by atoms with E-state index in [1.165, 1.54) is 11.1 Å². The molecule has 0 bridgehead atoms. The maximum atomic E-state index is 5.86. The van der Waals surface area contributed by atoms with Crippen molar-refractivity contribution in [1.82, 2.24) is 15.0 Å². The second-order valence-corrected chi connectivity index (χ2v) is 7.53. The first-order valence-electron chi connectivity index (χ1n) is 10.8. The van der Waals surface area contributed by atoms with Crippen LogP contribution in [0.2, 0.25) is 0 Å². The molecule has 4 rings (SSSR count). The van der Waals surface area contributed by atoms with Crippen LogP contribution in [0.25, 0.3) is 0 Å². The number of aromatic nitrogens is 3. The first kappa shape index (κ1) is 21.7. The molecule has 8 heteroatoms. The minimum absolute atomic E-state index is 0.321. The van der Waals surface area contributed by atoms with Crippen LogP contribution >= 0.6 is 0 Å². The number of hydrogen-bond acceptors (Lipinski definition) is 8. The summed E-state index contributed by atoms with van der Waals surface area (Å²) in [6, 6.07) is 16.5. The summed E-state index contributed by atoms with van der Waals surface area (Å²) < 4.78 is 11.3. The zero-order valence-corrected chi connectivity index (χ0v) is 18.3. The van der Waals surface area contributed by atoms with Gasteiger partial charge in [-0.15, -0.1) is 0 Å². The monoisotopic (exact) mass is 432 g/mol. The Kier molecular flexibility index (Phi) is 7.60. The van der Waals surface area contributed by atoms with Gasteiger partial charge in [-0.1, -0.05) is 35.9 Å². The van der Waals surface area contributed by atoms with Crippen molar-refractivity contribution in [2.24, 2.45) is 5.10 Å². The molecule has 32 heavy (non-hydrogen) atoms. The summed E-state index contributed by atoms with van der Waals surface area (Å²) in [6.45, 7) is 5.44. The Morgan fingerprint density at radius 3 is 2.75 bits per heavy atom. The molecule has 1 aliphatic heterocycles. The molecule has 1 fully saturated rings. The predicted octanol–water partition coefficient (Wildman–Crippen LogP) is 3.28. The first-order chi connectivity index (χ1) is 15.8. The molecular weight excluding hydrogens is 404 g/mol. The molecule has 0 unspecified atom stereocenters. The molecule has 0 spiro atoms. The average molecular weight is 433 g/mol. The van der Waals surface area contributed by atoms with E-state index < -0.39 is 0 Å². The Morgan fingerprint density at radius 1 is 1.12 bits per heavy atom. The van der Waals surface area contributed by atoms with Crippen LogP contribution in [-0.4, -0.2) is 54.1 Å². The number of ether oxygens (including phenoxy) is 2. The number of nitrogens with zero attached hydrogens (tertiary/aromatic N) is 5. The number of pyridine rings is 1. The zero-order valence-electron chi connectivity index (χ0n) is 18.3. The Labute approximate surface area is 188 Å². The van der Waals surface area contributed by atoms with Crippen molar-refractivity contribution in [2.45, 2.75) is 19.8 Å². The van der Waals surface area contributed by atoms with Crippen LogP contribution in [0.1, 0.15) is 16.8 Å². The van der Waals surface area contributed by atoms with E-state index in [2.05, 4.69) is 61.6 Å². The molecule has 1 aromatic carbocycles. The number of hydrazone groups is 1. The van der Waals surface area contributed by atoms with Crippen molar-refractivity contribution < 1.29 is 9.47 Å². The van der Waals surface area contributed by atoms with Crippen molar-refractivity contribution >= 4 is 17.9 Å². The third kappa shape index (κ3) is 6.49. The fourth-order valence-corrected chi connectivity index (χ4v) is 3.27. The second-order valence-electron chi connectivity index (χ2n) is 7.53. The van der Waals surface area contributed by atoms with Crippen molar-refractivity contribution in [3.63, 3.8) is 0 Å². The SMILES string of the molecule is Cc1ccc(CC=NNc2cc(N3CCOCC3)nc(OCCc3ccccn3)n2)cc1. The van der Waals surface area contributed by atoms with E-state index in [0.717, 1.165) is 31.0 Å². The van der Waals surface area contributed by atoms with E-state index in [9.17, 15) is 0 Å². The molecule has 8 nitrogen and oxygen atoms in total. The van der Waals surface area contributed by atoms with E-state index in [1.807, 2.05) is 30.5 Å². The van der Waals surface area contributed by atoms with Crippen LogP contribution in [0.15, 0.2) is 59.8 Å². The van der Waals surface area contributed by atoms with Crippen molar-refractivity contribution in [1.29, 1.82) is 0 Å². The van der Waals surface area contributed by atoms with E-state index in [-0.39, 0.29) is 0 Å². The van der Waals surface area contributed by atoms with Gasteiger partial charge >= 0.3 is 6.01 Å². The molecule has 0 amide bonds. The maximum Gasteiger partial charge on any atom is 0.320 e. The third-order valence-electron chi connectivity index (χ3n) is 5.06. The van der Waals surface area contributed by atoms with E-state index >= 15 is 0 Å². The highest BCUT2D eigenvalue weighted by molar-refractivity contribution is 5.63. The van der Waals surface area contributed by atoms with Crippen LogP contribution in [-0.2, 0) is 17.6 Å². The standard InChI is InChI=1S/C24H28N6O2/c1-19-5-7-20(8-6-19)9-12-26-29-22-18-23(30-13-16-31-17-14-30)28-24(27-22)32-15-10-21-4-2-3-11-25-21/h2-8,11-12,18H,9-10,13-17H2,1H3,(H,27,28,29). The summed E-state index contributed by atoms with van der Waals surface area (Å²) in [5.74, 6) is 1.39. The Hall–Kier alpha value is -3.52. The number of hydrogen-bond donors (Lipinski definition) is 1. The van der Waals surface area contributed by atoms with E-state index in [1.54, 1.807) is 6.20 Å². The highest BCUT2D eigenvalue weighted by Gasteiger charge is 2.15. The fraction of sp³-hybridized carbons (Fsp3) is 0.333. The fourth-order valence-electron chi connectivity index (χ4n) is 3.27. The van der Waals surface area contributed by atoms with Crippen LogP contribution in [0.5, 0.6) is 6.01 Å². The Balaban J connectivity index is 1.41. The lowest BCUT2D eigenvalue weighted by atomic mass is 10.1. The predicted molar refractivity (Wildman–Crippen MR) is 125 cm³/mol. The normalized spacial score (nSPS) is 14.0. The first-order valence-corrected chi connectivity index (χ1v) is 10.8. The number of morpholine rings is 1.